The molecule has 0 aromatic heterocycles. The Hall–Kier alpha value is -3.71. The minimum absolute atomic E-state index is 0.0735. The van der Waals surface area contributed by atoms with Gasteiger partial charge >= 0.3 is 5.97 Å². The Kier molecular flexibility index (Phi) is 12.1. The number of aryl methyl sites for hydroxylation is 1. The molecular formula is C35H40F2O5. The predicted octanol–water partition coefficient (Wildman–Crippen LogP) is 7.17. The van der Waals surface area contributed by atoms with Gasteiger partial charge in [0.05, 0.1) is 17.6 Å². The van der Waals surface area contributed by atoms with Crippen LogP contribution >= 0.6 is 0 Å². The van der Waals surface area contributed by atoms with Crippen LogP contribution in [0.1, 0.15) is 85.8 Å². The Balaban J connectivity index is 1.69. The molecule has 0 aliphatic heterocycles. The third kappa shape index (κ3) is 8.65. The van der Waals surface area contributed by atoms with E-state index in [1.807, 2.05) is 51.1 Å². The Labute approximate surface area is 247 Å². The largest absolute Gasteiger partial charge is 0.463 e. The van der Waals surface area contributed by atoms with Gasteiger partial charge in [0, 0.05) is 12.3 Å². The number of ether oxygens (including phenoxy) is 1. The molecule has 2 unspecified atom stereocenters. The number of allylic oxidation sites excluding steroid dienone is 6. The lowest BCUT2D eigenvalue weighted by atomic mass is 9.90. The fourth-order valence-corrected chi connectivity index (χ4v) is 5.07. The molecule has 1 saturated carbocycles. The number of unbranched alkanes of at least 4 members (excludes halogenated alkanes) is 1. The molecule has 42 heavy (non-hydrogen) atoms. The normalized spacial score (nSPS) is 18.5. The first-order valence-electron chi connectivity index (χ1n) is 14.5. The van der Waals surface area contributed by atoms with Gasteiger partial charge in [-0.3, -0.25) is 14.4 Å². The number of benzene rings is 2. The third-order valence-corrected chi connectivity index (χ3v) is 7.79. The first-order valence-corrected chi connectivity index (χ1v) is 14.5. The number of hydrogen-bond donors (Lipinski definition) is 1. The van der Waals surface area contributed by atoms with Crippen LogP contribution in [0, 0.1) is 17.0 Å². The number of carbonyl (C=O) groups is 3. The third-order valence-electron chi connectivity index (χ3n) is 7.79. The summed E-state index contributed by atoms with van der Waals surface area (Å²) in [7, 11) is 0. The van der Waals surface area contributed by atoms with Crippen molar-refractivity contribution in [2.75, 3.05) is 13.2 Å². The average molecular weight is 579 g/mol. The van der Waals surface area contributed by atoms with Crippen molar-refractivity contribution < 1.29 is 33.0 Å². The summed E-state index contributed by atoms with van der Waals surface area (Å²) in [6.45, 7) is 5.31. The summed E-state index contributed by atoms with van der Waals surface area (Å²) in [5, 5.41) is 9.14. The molecule has 1 aliphatic carbocycles. The number of rotatable bonds is 16. The summed E-state index contributed by atoms with van der Waals surface area (Å²) in [4.78, 5) is 38.0. The number of aliphatic hydroxyl groups is 1. The van der Waals surface area contributed by atoms with Crippen molar-refractivity contribution in [1.29, 1.82) is 0 Å². The molecule has 1 N–H and O–H groups in total. The van der Waals surface area contributed by atoms with Crippen LogP contribution in [-0.4, -0.2) is 35.9 Å². The van der Waals surface area contributed by atoms with Crippen molar-refractivity contribution in [3.63, 3.8) is 0 Å². The van der Waals surface area contributed by atoms with Crippen LogP contribution in [0.2, 0.25) is 0 Å². The van der Waals surface area contributed by atoms with Crippen molar-refractivity contribution in [3.8, 4) is 0 Å². The van der Waals surface area contributed by atoms with Crippen molar-refractivity contribution in [2.24, 2.45) is 5.41 Å². The van der Waals surface area contributed by atoms with Crippen LogP contribution in [0.5, 0.6) is 0 Å². The maximum atomic E-state index is 14.7. The summed E-state index contributed by atoms with van der Waals surface area (Å²) in [6, 6.07) is 10.1. The molecule has 0 spiro atoms. The fraction of sp³-hybridized carbons (Fsp3) is 0.400. The number of Topliss-reactive ketones (excluding diaryl/α,β-unsaturated/α-hetero) is 1. The van der Waals surface area contributed by atoms with Crippen molar-refractivity contribution in [3.05, 3.63) is 106 Å². The lowest BCUT2D eigenvalue weighted by Gasteiger charge is -2.17. The minimum atomic E-state index is -1.01. The van der Waals surface area contributed by atoms with Crippen molar-refractivity contribution in [2.45, 2.75) is 71.6 Å². The quantitative estimate of drug-likeness (QED) is 0.0989. The highest BCUT2D eigenvalue weighted by Gasteiger charge is 2.61. The second-order valence-electron chi connectivity index (χ2n) is 10.9. The van der Waals surface area contributed by atoms with E-state index in [-0.39, 0.29) is 37.8 Å². The second-order valence-corrected chi connectivity index (χ2v) is 10.9. The minimum Gasteiger partial charge on any atom is -0.463 e. The van der Waals surface area contributed by atoms with E-state index in [2.05, 4.69) is 0 Å². The van der Waals surface area contributed by atoms with E-state index in [1.165, 1.54) is 24.3 Å². The molecule has 0 saturated heterocycles. The highest BCUT2D eigenvalue weighted by molar-refractivity contribution is 5.99. The lowest BCUT2D eigenvalue weighted by Crippen LogP contribution is -2.24. The standard InChI is InChI=1S/C35H40F2O5/c1-4-6-8-26-21-30(36)33(31(37)22-26)32(40)17-18-35(34(41)42-20-19-38)23-29(35)27-14-12-25(13-15-27)9-7-10-28(39)16-11-24(3)5-2/h5,7,10-16,21-22,29,38H,4,6,8-9,17-20,23H2,1-3H3/b10-7+,16-11-,24-5-. The molecular weight excluding hydrogens is 538 g/mol. The van der Waals surface area contributed by atoms with Crippen LogP contribution in [0.25, 0.3) is 0 Å². The summed E-state index contributed by atoms with van der Waals surface area (Å²) in [6.07, 6.45) is 11.6. The monoisotopic (exact) mass is 578 g/mol. The Morgan fingerprint density at radius 2 is 1.74 bits per heavy atom. The van der Waals surface area contributed by atoms with E-state index in [4.69, 9.17) is 9.84 Å². The van der Waals surface area contributed by atoms with Crippen LogP contribution in [-0.2, 0) is 27.2 Å². The molecule has 1 aliphatic rings. The van der Waals surface area contributed by atoms with Gasteiger partial charge in [0.15, 0.2) is 11.6 Å². The molecule has 2 aromatic carbocycles. The Bertz CT molecular complexity index is 1330. The van der Waals surface area contributed by atoms with Crippen LogP contribution in [0.15, 0.2) is 72.4 Å². The number of esters is 1. The molecule has 2 atom stereocenters. The van der Waals surface area contributed by atoms with Gasteiger partial charge in [-0.15, -0.1) is 0 Å². The molecule has 5 nitrogen and oxygen atoms in total. The molecule has 3 rings (SSSR count). The van der Waals surface area contributed by atoms with Crippen molar-refractivity contribution >= 4 is 17.5 Å². The molecule has 224 valence electrons. The highest BCUT2D eigenvalue weighted by atomic mass is 19.1. The SMILES string of the molecule is C/C=C(C)\C=C/C(=O)/C=C/Cc1ccc(C2CC2(CCC(=O)c2c(F)cc(CCCC)cc2F)C(=O)OCCO)cc1. The first-order chi connectivity index (χ1) is 20.1. The van der Waals surface area contributed by atoms with E-state index in [1.54, 1.807) is 12.2 Å². The lowest BCUT2D eigenvalue weighted by molar-refractivity contribution is -0.151. The number of carbonyl (C=O) groups excluding carboxylic acids is 3. The fourth-order valence-electron chi connectivity index (χ4n) is 5.07. The zero-order valence-corrected chi connectivity index (χ0v) is 24.6. The van der Waals surface area contributed by atoms with Gasteiger partial charge in [-0.25, -0.2) is 8.78 Å². The second kappa shape index (κ2) is 15.5. The van der Waals surface area contributed by atoms with Gasteiger partial charge in [-0.1, -0.05) is 61.4 Å². The number of halogens is 2. The topological polar surface area (TPSA) is 80.7 Å². The predicted molar refractivity (Wildman–Crippen MR) is 159 cm³/mol. The van der Waals surface area contributed by atoms with E-state index in [9.17, 15) is 23.2 Å². The van der Waals surface area contributed by atoms with Crippen molar-refractivity contribution in [1.82, 2.24) is 0 Å². The zero-order chi connectivity index (χ0) is 30.7. The van der Waals surface area contributed by atoms with Crippen LogP contribution in [0.3, 0.4) is 0 Å². The maximum absolute atomic E-state index is 14.7. The molecule has 1 fully saturated rings. The smallest absolute Gasteiger partial charge is 0.312 e. The number of aliphatic hydroxyl groups excluding tert-OH is 1. The first kappa shape index (κ1) is 32.8. The molecule has 0 bridgehead atoms. The van der Waals surface area contributed by atoms with Crippen LogP contribution in [0.4, 0.5) is 8.78 Å². The van der Waals surface area contributed by atoms with Gasteiger partial charge in [0.2, 0.25) is 0 Å². The highest BCUT2D eigenvalue weighted by Crippen LogP contribution is 2.63. The molecule has 2 aromatic rings. The Morgan fingerprint density at radius 1 is 1.05 bits per heavy atom. The maximum Gasteiger partial charge on any atom is 0.312 e. The molecule has 7 heteroatoms. The number of ketones is 2. The average Bonchev–Trinajstić information content (AvgIpc) is 3.72. The molecule has 0 radical (unpaired) electrons. The van der Waals surface area contributed by atoms with Gasteiger partial charge < -0.3 is 9.84 Å². The molecule has 0 amide bonds. The Morgan fingerprint density at radius 3 is 2.36 bits per heavy atom. The van der Waals surface area contributed by atoms with E-state index in [0.717, 1.165) is 29.5 Å². The summed E-state index contributed by atoms with van der Waals surface area (Å²) in [5.41, 5.74) is 1.79. The van der Waals surface area contributed by atoms with Gasteiger partial charge in [-0.2, -0.15) is 0 Å². The van der Waals surface area contributed by atoms with Crippen LogP contribution < -0.4 is 0 Å². The van der Waals surface area contributed by atoms with E-state index >= 15 is 0 Å². The van der Waals surface area contributed by atoms with Gasteiger partial charge in [0.25, 0.3) is 0 Å². The summed E-state index contributed by atoms with van der Waals surface area (Å²) in [5.74, 6) is -3.32. The summed E-state index contributed by atoms with van der Waals surface area (Å²) >= 11 is 0. The van der Waals surface area contributed by atoms with Gasteiger partial charge in [-0.05, 0) is 86.9 Å². The molecule has 0 heterocycles. The summed E-state index contributed by atoms with van der Waals surface area (Å²) < 4.78 is 34.7. The number of hydrogen-bond acceptors (Lipinski definition) is 5. The van der Waals surface area contributed by atoms with Gasteiger partial charge in [0.1, 0.15) is 18.2 Å². The van der Waals surface area contributed by atoms with E-state index in [0.29, 0.717) is 24.8 Å². The zero-order valence-electron chi connectivity index (χ0n) is 24.6. The van der Waals surface area contributed by atoms with E-state index < -0.39 is 34.4 Å².